The summed E-state index contributed by atoms with van der Waals surface area (Å²) in [6.45, 7) is 0. The molecule has 0 heterocycles. The number of anilines is 1. The van der Waals surface area contributed by atoms with Gasteiger partial charge in [0.2, 0.25) is 5.91 Å². The molecule has 2 aliphatic rings. The molecule has 3 rings (SSSR count). The maximum Gasteiger partial charge on any atom is 0.227 e. The second-order valence-corrected chi connectivity index (χ2v) is 6.68. The maximum atomic E-state index is 12.4. The number of halogens is 1. The van der Waals surface area contributed by atoms with E-state index in [1.165, 1.54) is 19.3 Å². The number of rotatable bonds is 3. The molecule has 1 amide bonds. The van der Waals surface area contributed by atoms with Gasteiger partial charge in [0.1, 0.15) is 4.99 Å². The molecular formula is C15H17ClN2OS. The third-order valence-corrected chi connectivity index (χ3v) is 5.13. The Kier molecular flexibility index (Phi) is 3.69. The average molecular weight is 309 g/mol. The van der Waals surface area contributed by atoms with Gasteiger partial charge in [-0.1, -0.05) is 30.2 Å². The lowest BCUT2D eigenvalue weighted by atomic mass is 9.88. The fourth-order valence-corrected chi connectivity index (χ4v) is 3.92. The van der Waals surface area contributed by atoms with Crippen LogP contribution in [0.25, 0.3) is 0 Å². The van der Waals surface area contributed by atoms with Gasteiger partial charge in [-0.2, -0.15) is 0 Å². The molecule has 1 aromatic carbocycles. The van der Waals surface area contributed by atoms with Crippen LogP contribution in [0.2, 0.25) is 5.02 Å². The third-order valence-electron chi connectivity index (χ3n) is 4.59. The Morgan fingerprint density at radius 2 is 2.15 bits per heavy atom. The molecule has 5 heteroatoms. The first-order valence-electron chi connectivity index (χ1n) is 6.95. The van der Waals surface area contributed by atoms with Crippen LogP contribution >= 0.6 is 23.8 Å². The highest BCUT2D eigenvalue weighted by Crippen LogP contribution is 2.48. The number of carbonyl (C=O) groups is 1. The van der Waals surface area contributed by atoms with Crippen LogP contribution in [-0.2, 0) is 4.79 Å². The van der Waals surface area contributed by atoms with E-state index in [1.54, 1.807) is 18.2 Å². The van der Waals surface area contributed by atoms with Crippen LogP contribution in [-0.4, -0.2) is 10.9 Å². The van der Waals surface area contributed by atoms with Crippen molar-refractivity contribution in [3.05, 3.63) is 28.8 Å². The standard InChI is InChI=1S/C15H17ClN2OS/c16-12-7-10(14(17)20)3-4-13(12)18-15(19)11-6-8-1-2-9(11)5-8/h3-4,7-9,11H,1-2,5-6H2,(H2,17,20)(H,18,19). The molecular weight excluding hydrogens is 292 g/mol. The molecule has 106 valence electrons. The Labute approximate surface area is 128 Å². The number of benzene rings is 1. The first kappa shape index (κ1) is 13.8. The summed E-state index contributed by atoms with van der Waals surface area (Å²) < 4.78 is 0. The molecule has 0 aromatic heterocycles. The summed E-state index contributed by atoms with van der Waals surface area (Å²) in [6, 6.07) is 5.24. The average Bonchev–Trinajstić information content (AvgIpc) is 3.03. The summed E-state index contributed by atoms with van der Waals surface area (Å²) in [5, 5.41) is 3.43. The summed E-state index contributed by atoms with van der Waals surface area (Å²) in [5.74, 6) is 1.57. The monoisotopic (exact) mass is 308 g/mol. The van der Waals surface area contributed by atoms with E-state index in [0.717, 1.165) is 12.3 Å². The van der Waals surface area contributed by atoms with Crippen molar-refractivity contribution in [3.8, 4) is 0 Å². The summed E-state index contributed by atoms with van der Waals surface area (Å²) in [5.41, 5.74) is 6.91. The molecule has 20 heavy (non-hydrogen) atoms. The summed E-state index contributed by atoms with van der Waals surface area (Å²) in [7, 11) is 0. The zero-order chi connectivity index (χ0) is 14.3. The molecule has 2 bridgehead atoms. The molecule has 0 radical (unpaired) electrons. The van der Waals surface area contributed by atoms with Gasteiger partial charge in [0.05, 0.1) is 10.7 Å². The van der Waals surface area contributed by atoms with E-state index in [-0.39, 0.29) is 11.8 Å². The molecule has 3 N–H and O–H groups in total. The molecule has 0 aliphatic heterocycles. The van der Waals surface area contributed by atoms with E-state index in [9.17, 15) is 4.79 Å². The second-order valence-electron chi connectivity index (χ2n) is 5.83. The fourth-order valence-electron chi connectivity index (χ4n) is 3.56. The Balaban J connectivity index is 1.71. The Morgan fingerprint density at radius 1 is 1.35 bits per heavy atom. The van der Waals surface area contributed by atoms with Gasteiger partial charge in [0, 0.05) is 11.5 Å². The lowest BCUT2D eigenvalue weighted by Crippen LogP contribution is -2.27. The minimum Gasteiger partial charge on any atom is -0.389 e. The van der Waals surface area contributed by atoms with Crippen LogP contribution in [0.4, 0.5) is 5.69 Å². The van der Waals surface area contributed by atoms with Crippen molar-refractivity contribution < 1.29 is 4.79 Å². The summed E-state index contributed by atoms with van der Waals surface area (Å²) >= 11 is 11.1. The van der Waals surface area contributed by atoms with Gasteiger partial charge < -0.3 is 11.1 Å². The van der Waals surface area contributed by atoms with E-state index in [1.807, 2.05) is 0 Å². The quantitative estimate of drug-likeness (QED) is 0.842. The number of amides is 1. The Hall–Kier alpha value is -1.13. The lowest BCUT2D eigenvalue weighted by Gasteiger charge is -2.21. The van der Waals surface area contributed by atoms with Crippen LogP contribution in [0.3, 0.4) is 0 Å². The van der Waals surface area contributed by atoms with E-state index in [2.05, 4.69) is 5.32 Å². The molecule has 2 aliphatic carbocycles. The molecule has 0 spiro atoms. The smallest absolute Gasteiger partial charge is 0.227 e. The van der Waals surface area contributed by atoms with Crippen molar-refractivity contribution in [1.82, 2.24) is 0 Å². The molecule has 0 saturated heterocycles. The first-order chi connectivity index (χ1) is 9.54. The zero-order valence-electron chi connectivity index (χ0n) is 11.1. The molecule has 3 atom stereocenters. The molecule has 3 unspecified atom stereocenters. The highest BCUT2D eigenvalue weighted by molar-refractivity contribution is 7.80. The molecule has 1 aromatic rings. The van der Waals surface area contributed by atoms with Crippen molar-refractivity contribution >= 4 is 40.4 Å². The van der Waals surface area contributed by atoms with Gasteiger partial charge in [0.25, 0.3) is 0 Å². The van der Waals surface area contributed by atoms with Crippen molar-refractivity contribution in [1.29, 1.82) is 0 Å². The number of carbonyl (C=O) groups excluding carboxylic acids is 1. The van der Waals surface area contributed by atoms with Crippen LogP contribution in [0, 0.1) is 17.8 Å². The topological polar surface area (TPSA) is 55.1 Å². The van der Waals surface area contributed by atoms with Gasteiger partial charge in [-0.25, -0.2) is 0 Å². The van der Waals surface area contributed by atoms with Gasteiger partial charge in [-0.15, -0.1) is 0 Å². The second kappa shape index (κ2) is 5.34. The predicted octanol–water partition coefficient (Wildman–Crippen LogP) is 3.35. The largest absolute Gasteiger partial charge is 0.389 e. The van der Waals surface area contributed by atoms with Crippen LogP contribution in [0.5, 0.6) is 0 Å². The maximum absolute atomic E-state index is 12.4. The van der Waals surface area contributed by atoms with E-state index in [0.29, 0.717) is 27.2 Å². The van der Waals surface area contributed by atoms with Crippen molar-refractivity contribution in [3.63, 3.8) is 0 Å². The van der Waals surface area contributed by atoms with Crippen LogP contribution < -0.4 is 11.1 Å². The summed E-state index contributed by atoms with van der Waals surface area (Å²) in [6.07, 6.45) is 4.72. The van der Waals surface area contributed by atoms with Gasteiger partial charge in [-0.05, 0) is 49.3 Å². The van der Waals surface area contributed by atoms with Gasteiger partial charge >= 0.3 is 0 Å². The van der Waals surface area contributed by atoms with E-state index >= 15 is 0 Å². The Bertz CT molecular complexity index is 575. The lowest BCUT2D eigenvalue weighted by molar-refractivity contribution is -0.121. The molecule has 2 fully saturated rings. The predicted molar refractivity (Wildman–Crippen MR) is 84.9 cm³/mol. The van der Waals surface area contributed by atoms with E-state index in [4.69, 9.17) is 29.6 Å². The van der Waals surface area contributed by atoms with E-state index < -0.39 is 0 Å². The summed E-state index contributed by atoms with van der Waals surface area (Å²) in [4.78, 5) is 12.7. The van der Waals surface area contributed by atoms with Crippen LogP contribution in [0.15, 0.2) is 18.2 Å². The number of fused-ring (bicyclic) bond motifs is 2. The van der Waals surface area contributed by atoms with Crippen molar-refractivity contribution in [2.75, 3.05) is 5.32 Å². The fraction of sp³-hybridized carbons (Fsp3) is 0.467. The minimum absolute atomic E-state index is 0.0992. The van der Waals surface area contributed by atoms with Crippen molar-refractivity contribution in [2.45, 2.75) is 25.7 Å². The number of hydrogen-bond donors (Lipinski definition) is 2. The highest BCUT2D eigenvalue weighted by Gasteiger charge is 2.43. The number of hydrogen-bond acceptors (Lipinski definition) is 2. The SMILES string of the molecule is NC(=S)c1ccc(NC(=O)C2CC3CCC2C3)c(Cl)c1. The third kappa shape index (κ3) is 2.54. The first-order valence-corrected chi connectivity index (χ1v) is 7.73. The van der Waals surface area contributed by atoms with Gasteiger partial charge in [-0.3, -0.25) is 4.79 Å². The number of nitrogens with two attached hydrogens (primary N) is 1. The number of nitrogens with one attached hydrogen (secondary N) is 1. The normalized spacial score (nSPS) is 27.6. The highest BCUT2D eigenvalue weighted by atomic mass is 35.5. The van der Waals surface area contributed by atoms with Crippen LogP contribution in [0.1, 0.15) is 31.2 Å². The molecule has 2 saturated carbocycles. The zero-order valence-corrected chi connectivity index (χ0v) is 12.6. The minimum atomic E-state index is 0.0992. The van der Waals surface area contributed by atoms with Crippen molar-refractivity contribution in [2.24, 2.45) is 23.5 Å². The van der Waals surface area contributed by atoms with Gasteiger partial charge in [0.15, 0.2) is 0 Å². The number of thiocarbonyl (C=S) groups is 1. The molecule has 3 nitrogen and oxygen atoms in total. The Morgan fingerprint density at radius 3 is 2.70 bits per heavy atom.